The average Bonchev–Trinajstić information content (AvgIpc) is 3.32. The molecule has 7 nitrogen and oxygen atoms in total. The number of nitrogens with zero attached hydrogens (tertiary/aromatic N) is 4. The van der Waals surface area contributed by atoms with E-state index in [9.17, 15) is 4.79 Å². The molecule has 1 saturated heterocycles. The summed E-state index contributed by atoms with van der Waals surface area (Å²) in [4.78, 5) is 22.7. The highest BCUT2D eigenvalue weighted by Gasteiger charge is 2.21. The predicted octanol–water partition coefficient (Wildman–Crippen LogP) is 2.57. The van der Waals surface area contributed by atoms with Crippen LogP contribution in [-0.2, 0) is 24.9 Å². The van der Waals surface area contributed by atoms with Gasteiger partial charge in [0.2, 0.25) is 5.91 Å². The molecule has 1 aromatic heterocycles. The molecule has 0 aliphatic carbocycles. The van der Waals surface area contributed by atoms with E-state index < -0.39 is 0 Å². The Bertz CT molecular complexity index is 1040. The van der Waals surface area contributed by atoms with Crippen molar-refractivity contribution in [2.24, 2.45) is 12.0 Å². The Kier molecular flexibility index (Phi) is 5.46. The number of hydrogen-bond donors (Lipinski definition) is 2. The minimum atomic E-state index is 0.211. The van der Waals surface area contributed by atoms with Crippen molar-refractivity contribution in [1.82, 2.24) is 20.2 Å². The normalized spacial score (nSPS) is 14.6. The monoisotopic (exact) mass is 390 g/mol. The Balaban J connectivity index is 1.33. The first kappa shape index (κ1) is 19.0. The first-order valence-electron chi connectivity index (χ1n) is 9.90. The molecule has 2 heterocycles. The van der Waals surface area contributed by atoms with Gasteiger partial charge in [-0.3, -0.25) is 9.79 Å². The van der Waals surface area contributed by atoms with Gasteiger partial charge in [0, 0.05) is 39.3 Å². The summed E-state index contributed by atoms with van der Waals surface area (Å²) < 4.78 is 2.09. The zero-order valence-corrected chi connectivity index (χ0v) is 16.9. The van der Waals surface area contributed by atoms with E-state index in [1.807, 2.05) is 54.4 Å². The number of carbonyl (C=O) groups is 1. The summed E-state index contributed by atoms with van der Waals surface area (Å²) in [5.41, 5.74) is 4.21. The van der Waals surface area contributed by atoms with Crippen LogP contribution in [-0.4, -0.2) is 35.0 Å². The third-order valence-corrected chi connectivity index (χ3v) is 5.30. The molecule has 1 aliphatic rings. The van der Waals surface area contributed by atoms with E-state index in [1.54, 1.807) is 7.05 Å². The molecule has 1 aliphatic heterocycles. The first-order valence-corrected chi connectivity index (χ1v) is 9.90. The third kappa shape index (κ3) is 4.08. The number of guanidine groups is 1. The number of aryl methyl sites for hydroxylation is 1. The molecule has 4 rings (SSSR count). The fourth-order valence-electron chi connectivity index (χ4n) is 3.64. The second kappa shape index (κ2) is 8.34. The van der Waals surface area contributed by atoms with Crippen molar-refractivity contribution >= 4 is 28.6 Å². The van der Waals surface area contributed by atoms with Crippen LogP contribution in [0.1, 0.15) is 24.2 Å². The maximum atomic E-state index is 11.9. The molecule has 0 saturated carbocycles. The van der Waals surface area contributed by atoms with E-state index in [0.29, 0.717) is 19.5 Å². The lowest BCUT2D eigenvalue weighted by atomic mass is 10.2. The van der Waals surface area contributed by atoms with Crippen LogP contribution in [0.2, 0.25) is 0 Å². The predicted molar refractivity (Wildman–Crippen MR) is 116 cm³/mol. The molecule has 0 unspecified atom stereocenters. The summed E-state index contributed by atoms with van der Waals surface area (Å²) in [6.07, 6.45) is 1.59. The molecular formula is C22H26N6O. The highest BCUT2D eigenvalue weighted by Crippen LogP contribution is 2.21. The van der Waals surface area contributed by atoms with Crippen LogP contribution in [0, 0.1) is 0 Å². The Morgan fingerprint density at radius 1 is 1.10 bits per heavy atom. The molecule has 1 fully saturated rings. The van der Waals surface area contributed by atoms with Crippen LogP contribution in [0.3, 0.4) is 0 Å². The third-order valence-electron chi connectivity index (χ3n) is 5.30. The first-order chi connectivity index (χ1) is 14.2. The van der Waals surface area contributed by atoms with Gasteiger partial charge < -0.3 is 20.1 Å². The number of aromatic nitrogens is 2. The number of para-hydroxylation sites is 2. The number of aliphatic imine (C=N–C) groups is 1. The fourth-order valence-corrected chi connectivity index (χ4v) is 3.64. The van der Waals surface area contributed by atoms with Gasteiger partial charge in [-0.05, 0) is 36.2 Å². The number of fused-ring (bicyclic) bond motifs is 1. The van der Waals surface area contributed by atoms with Crippen LogP contribution in [0.25, 0.3) is 11.0 Å². The van der Waals surface area contributed by atoms with Crippen LogP contribution in [0.15, 0.2) is 53.5 Å². The van der Waals surface area contributed by atoms with Crippen molar-refractivity contribution in [3.05, 3.63) is 59.9 Å². The van der Waals surface area contributed by atoms with E-state index >= 15 is 0 Å². The SMILES string of the molecule is CN=C(NCc1ccc(N2CCCC2=O)cc1)NCc1nc2ccccc2n1C. The second-order valence-electron chi connectivity index (χ2n) is 7.17. The van der Waals surface area contributed by atoms with Crippen LogP contribution in [0.5, 0.6) is 0 Å². The molecule has 1 amide bonds. The van der Waals surface area contributed by atoms with E-state index in [2.05, 4.69) is 31.2 Å². The van der Waals surface area contributed by atoms with Crippen molar-refractivity contribution < 1.29 is 4.79 Å². The molecule has 2 N–H and O–H groups in total. The van der Waals surface area contributed by atoms with Crippen LogP contribution < -0.4 is 15.5 Å². The molecule has 0 spiro atoms. The van der Waals surface area contributed by atoms with E-state index in [1.165, 1.54) is 0 Å². The van der Waals surface area contributed by atoms with Gasteiger partial charge in [-0.25, -0.2) is 4.98 Å². The fraction of sp³-hybridized carbons (Fsp3) is 0.318. The zero-order chi connectivity index (χ0) is 20.2. The van der Waals surface area contributed by atoms with Crippen molar-refractivity contribution in [3.63, 3.8) is 0 Å². The number of anilines is 1. The van der Waals surface area contributed by atoms with Gasteiger partial charge in [-0.2, -0.15) is 0 Å². The summed E-state index contributed by atoms with van der Waals surface area (Å²) >= 11 is 0. The van der Waals surface area contributed by atoms with Crippen molar-refractivity contribution in [1.29, 1.82) is 0 Å². The van der Waals surface area contributed by atoms with Crippen molar-refractivity contribution in [3.8, 4) is 0 Å². The highest BCUT2D eigenvalue weighted by molar-refractivity contribution is 5.95. The number of nitrogens with one attached hydrogen (secondary N) is 2. The van der Waals surface area contributed by atoms with Gasteiger partial charge in [0.25, 0.3) is 0 Å². The largest absolute Gasteiger partial charge is 0.352 e. The summed E-state index contributed by atoms with van der Waals surface area (Å²) in [5.74, 6) is 1.88. The van der Waals surface area contributed by atoms with Crippen LogP contribution >= 0.6 is 0 Å². The number of benzene rings is 2. The molecule has 2 aromatic carbocycles. The summed E-state index contributed by atoms with van der Waals surface area (Å²) in [6.45, 7) is 2.05. The number of rotatable bonds is 5. The lowest BCUT2D eigenvalue weighted by molar-refractivity contribution is -0.117. The van der Waals surface area contributed by atoms with Crippen molar-refractivity contribution in [2.45, 2.75) is 25.9 Å². The number of amides is 1. The van der Waals surface area contributed by atoms with E-state index in [0.717, 1.165) is 47.0 Å². The molecule has 3 aromatic rings. The Morgan fingerprint density at radius 3 is 2.55 bits per heavy atom. The van der Waals surface area contributed by atoms with Gasteiger partial charge in [0.15, 0.2) is 5.96 Å². The molecule has 150 valence electrons. The summed E-state index contributed by atoms with van der Waals surface area (Å²) in [6, 6.07) is 16.2. The van der Waals surface area contributed by atoms with Gasteiger partial charge in [-0.1, -0.05) is 24.3 Å². The number of imidazole rings is 1. The molecule has 7 heteroatoms. The lowest BCUT2D eigenvalue weighted by Crippen LogP contribution is -2.36. The number of hydrogen-bond acceptors (Lipinski definition) is 3. The summed E-state index contributed by atoms with van der Waals surface area (Å²) in [5, 5.41) is 6.65. The zero-order valence-electron chi connectivity index (χ0n) is 16.9. The van der Waals surface area contributed by atoms with Gasteiger partial charge in [-0.15, -0.1) is 0 Å². The lowest BCUT2D eigenvalue weighted by Gasteiger charge is -2.16. The standard InChI is InChI=1S/C22H26N6O/c1-23-22(25-15-20-26-18-6-3-4-7-19(18)27(20)2)24-14-16-9-11-17(12-10-16)28-13-5-8-21(28)29/h3-4,6-7,9-12H,5,8,13-15H2,1-2H3,(H2,23,24,25). The minimum absolute atomic E-state index is 0.211. The quantitative estimate of drug-likeness (QED) is 0.519. The molecule has 0 atom stereocenters. The molecular weight excluding hydrogens is 364 g/mol. The van der Waals surface area contributed by atoms with Gasteiger partial charge in [0.1, 0.15) is 5.82 Å². The maximum absolute atomic E-state index is 11.9. The topological polar surface area (TPSA) is 74.6 Å². The minimum Gasteiger partial charge on any atom is -0.352 e. The molecule has 29 heavy (non-hydrogen) atoms. The average molecular weight is 390 g/mol. The molecule has 0 radical (unpaired) electrons. The van der Waals surface area contributed by atoms with Gasteiger partial charge in [0.05, 0.1) is 17.6 Å². The Morgan fingerprint density at radius 2 is 1.86 bits per heavy atom. The Hall–Kier alpha value is -3.35. The Labute approximate surface area is 170 Å². The smallest absolute Gasteiger partial charge is 0.227 e. The second-order valence-corrected chi connectivity index (χ2v) is 7.17. The van der Waals surface area contributed by atoms with Gasteiger partial charge >= 0.3 is 0 Å². The molecule has 0 bridgehead atoms. The van der Waals surface area contributed by atoms with Crippen molar-refractivity contribution in [2.75, 3.05) is 18.5 Å². The van der Waals surface area contributed by atoms with E-state index in [-0.39, 0.29) is 5.91 Å². The number of carbonyl (C=O) groups excluding carboxylic acids is 1. The summed E-state index contributed by atoms with van der Waals surface area (Å²) in [7, 11) is 3.78. The maximum Gasteiger partial charge on any atom is 0.227 e. The highest BCUT2D eigenvalue weighted by atomic mass is 16.2. The van der Waals surface area contributed by atoms with Crippen LogP contribution in [0.4, 0.5) is 5.69 Å². The van der Waals surface area contributed by atoms with E-state index in [4.69, 9.17) is 0 Å².